The second-order valence-corrected chi connectivity index (χ2v) is 4.45. The van der Waals surface area contributed by atoms with Crippen LogP contribution >= 0.6 is 0 Å². The van der Waals surface area contributed by atoms with Crippen molar-refractivity contribution < 1.29 is 9.18 Å². The number of hydrogen-bond donors (Lipinski definition) is 0. The van der Waals surface area contributed by atoms with Crippen LogP contribution in [0.1, 0.15) is 16.1 Å². The van der Waals surface area contributed by atoms with Crippen LogP contribution in [0, 0.1) is 35.4 Å². The molecule has 0 saturated carbocycles. The summed E-state index contributed by atoms with van der Waals surface area (Å²) < 4.78 is 13.3. The van der Waals surface area contributed by atoms with Gasteiger partial charge in [0, 0.05) is 17.1 Å². The zero-order chi connectivity index (χ0) is 15.4. The minimum atomic E-state index is -0.444. The lowest BCUT2D eigenvalue weighted by Gasteiger charge is -2.17. The third kappa shape index (κ3) is 2.96. The monoisotopic (exact) mass is 282 g/mol. The molecule has 6 heteroatoms. The molecule has 0 spiro atoms. The van der Waals surface area contributed by atoms with Gasteiger partial charge in [0.15, 0.2) is 0 Å². The maximum Gasteiger partial charge on any atom is 0.256 e. The SMILES string of the molecule is Cc1cc(C(=O)N(CC#N)CC#N)c2ccc(F)cc2n1. The highest BCUT2D eigenvalue weighted by Crippen LogP contribution is 2.21. The summed E-state index contributed by atoms with van der Waals surface area (Å²) in [4.78, 5) is 17.8. The first-order chi connectivity index (χ1) is 10.1. The fraction of sp³-hybridized carbons (Fsp3) is 0.200. The zero-order valence-electron chi connectivity index (χ0n) is 11.3. The van der Waals surface area contributed by atoms with E-state index in [-0.39, 0.29) is 13.1 Å². The fourth-order valence-electron chi connectivity index (χ4n) is 2.05. The highest BCUT2D eigenvalue weighted by Gasteiger charge is 2.19. The van der Waals surface area contributed by atoms with E-state index in [0.717, 1.165) is 4.90 Å². The highest BCUT2D eigenvalue weighted by atomic mass is 19.1. The predicted molar refractivity (Wildman–Crippen MR) is 73.6 cm³/mol. The van der Waals surface area contributed by atoms with Gasteiger partial charge in [-0.25, -0.2) is 4.39 Å². The summed E-state index contributed by atoms with van der Waals surface area (Å²) in [6, 6.07) is 9.25. The van der Waals surface area contributed by atoms with E-state index in [2.05, 4.69) is 4.98 Å². The molecule has 0 N–H and O–H groups in total. The van der Waals surface area contributed by atoms with Crippen molar-refractivity contribution in [2.45, 2.75) is 6.92 Å². The predicted octanol–water partition coefficient (Wildman–Crippen LogP) is 2.17. The van der Waals surface area contributed by atoms with Crippen LogP contribution < -0.4 is 0 Å². The first kappa shape index (κ1) is 14.4. The maximum absolute atomic E-state index is 13.3. The van der Waals surface area contributed by atoms with Crippen LogP contribution in [0.3, 0.4) is 0 Å². The van der Waals surface area contributed by atoms with E-state index in [0.29, 0.717) is 22.2 Å². The molecule has 21 heavy (non-hydrogen) atoms. The second kappa shape index (κ2) is 5.98. The number of nitriles is 2. The minimum absolute atomic E-state index is 0.184. The van der Waals surface area contributed by atoms with E-state index in [1.165, 1.54) is 18.2 Å². The number of nitrogens with zero attached hydrogens (tertiary/aromatic N) is 4. The average molecular weight is 282 g/mol. The van der Waals surface area contributed by atoms with Crippen molar-refractivity contribution in [1.29, 1.82) is 10.5 Å². The lowest BCUT2D eigenvalue weighted by atomic mass is 10.1. The van der Waals surface area contributed by atoms with Crippen LogP contribution in [-0.4, -0.2) is 28.9 Å². The first-order valence-corrected chi connectivity index (χ1v) is 6.17. The number of hydrogen-bond acceptors (Lipinski definition) is 4. The summed E-state index contributed by atoms with van der Waals surface area (Å²) in [6.45, 7) is 1.33. The molecule has 1 aromatic heterocycles. The molecule has 104 valence electrons. The second-order valence-electron chi connectivity index (χ2n) is 4.45. The Morgan fingerprint density at radius 3 is 2.57 bits per heavy atom. The van der Waals surface area contributed by atoms with Gasteiger partial charge < -0.3 is 4.90 Å². The third-order valence-corrected chi connectivity index (χ3v) is 2.94. The van der Waals surface area contributed by atoms with Crippen molar-refractivity contribution >= 4 is 16.8 Å². The summed E-state index contributed by atoms with van der Waals surface area (Å²) >= 11 is 0. The molecule has 1 amide bonds. The smallest absolute Gasteiger partial charge is 0.256 e. The van der Waals surface area contributed by atoms with Gasteiger partial charge in [0.25, 0.3) is 5.91 Å². The van der Waals surface area contributed by atoms with Crippen LogP contribution in [0.25, 0.3) is 10.9 Å². The van der Waals surface area contributed by atoms with Crippen molar-refractivity contribution in [2.24, 2.45) is 0 Å². The Morgan fingerprint density at radius 1 is 1.29 bits per heavy atom. The molecular formula is C15H11FN4O. The molecule has 0 radical (unpaired) electrons. The van der Waals surface area contributed by atoms with Gasteiger partial charge in [-0.1, -0.05) is 0 Å². The summed E-state index contributed by atoms with van der Waals surface area (Å²) in [5.74, 6) is -0.884. The number of aromatic nitrogens is 1. The molecule has 0 aliphatic carbocycles. The van der Waals surface area contributed by atoms with E-state index in [1.807, 2.05) is 12.1 Å². The van der Waals surface area contributed by atoms with E-state index >= 15 is 0 Å². The molecule has 0 aliphatic heterocycles. The average Bonchev–Trinajstić information content (AvgIpc) is 2.45. The van der Waals surface area contributed by atoms with Gasteiger partial charge in [0.2, 0.25) is 0 Å². The van der Waals surface area contributed by atoms with Gasteiger partial charge in [0.1, 0.15) is 18.9 Å². The van der Waals surface area contributed by atoms with Gasteiger partial charge in [-0.3, -0.25) is 9.78 Å². The number of amides is 1. The molecule has 0 saturated heterocycles. The number of carbonyl (C=O) groups is 1. The summed E-state index contributed by atoms with van der Waals surface area (Å²) in [5, 5.41) is 18.0. The van der Waals surface area contributed by atoms with Gasteiger partial charge in [-0.05, 0) is 25.1 Å². The fourth-order valence-corrected chi connectivity index (χ4v) is 2.05. The van der Waals surface area contributed by atoms with Crippen LogP contribution in [-0.2, 0) is 0 Å². The van der Waals surface area contributed by atoms with Crippen molar-refractivity contribution in [3.63, 3.8) is 0 Å². The summed E-state index contributed by atoms with van der Waals surface area (Å²) in [7, 11) is 0. The molecule has 1 aromatic carbocycles. The highest BCUT2D eigenvalue weighted by molar-refractivity contribution is 6.06. The molecule has 0 bridgehead atoms. The van der Waals surface area contributed by atoms with Gasteiger partial charge in [-0.2, -0.15) is 10.5 Å². The third-order valence-electron chi connectivity index (χ3n) is 2.94. The van der Waals surface area contributed by atoms with Crippen LogP contribution in [0.2, 0.25) is 0 Å². The van der Waals surface area contributed by atoms with E-state index in [9.17, 15) is 9.18 Å². The Balaban J connectivity index is 2.57. The Labute approximate surface area is 120 Å². The molecule has 5 nitrogen and oxygen atoms in total. The number of halogens is 1. The largest absolute Gasteiger partial charge is 0.312 e. The van der Waals surface area contributed by atoms with Gasteiger partial charge >= 0.3 is 0 Å². The molecule has 0 aliphatic rings. The Morgan fingerprint density at radius 2 is 1.95 bits per heavy atom. The molecule has 0 atom stereocenters. The lowest BCUT2D eigenvalue weighted by Crippen LogP contribution is -2.32. The van der Waals surface area contributed by atoms with Gasteiger partial charge in [-0.15, -0.1) is 0 Å². The van der Waals surface area contributed by atoms with Crippen molar-refractivity contribution in [3.05, 3.63) is 41.3 Å². The number of fused-ring (bicyclic) bond motifs is 1. The van der Waals surface area contributed by atoms with E-state index in [4.69, 9.17) is 10.5 Å². The lowest BCUT2D eigenvalue weighted by molar-refractivity contribution is 0.0796. The van der Waals surface area contributed by atoms with Crippen LogP contribution in [0.5, 0.6) is 0 Å². The standard InChI is InChI=1S/C15H11FN4O/c1-10-8-13(15(21)20(6-4-17)7-5-18)12-3-2-11(16)9-14(12)19-10/h2-3,8-9H,6-7H2,1H3. The van der Waals surface area contributed by atoms with E-state index < -0.39 is 11.7 Å². The molecular weight excluding hydrogens is 271 g/mol. The number of pyridine rings is 1. The van der Waals surface area contributed by atoms with E-state index in [1.54, 1.807) is 13.0 Å². The van der Waals surface area contributed by atoms with Gasteiger partial charge in [0.05, 0.1) is 23.2 Å². The Kier molecular flexibility index (Phi) is 4.10. The topological polar surface area (TPSA) is 80.8 Å². The zero-order valence-corrected chi connectivity index (χ0v) is 11.3. The Bertz CT molecular complexity index is 767. The van der Waals surface area contributed by atoms with Crippen molar-refractivity contribution in [2.75, 3.05) is 13.1 Å². The molecule has 2 aromatic rings. The quantitative estimate of drug-likeness (QED) is 0.808. The Hall–Kier alpha value is -2.99. The molecule has 0 fully saturated rings. The molecule has 0 unspecified atom stereocenters. The molecule has 2 rings (SSSR count). The number of rotatable bonds is 3. The summed E-state index contributed by atoms with van der Waals surface area (Å²) in [6.07, 6.45) is 0. The molecule has 1 heterocycles. The first-order valence-electron chi connectivity index (χ1n) is 6.17. The normalized spacial score (nSPS) is 9.90. The number of aryl methyl sites for hydroxylation is 1. The van der Waals surface area contributed by atoms with Crippen LogP contribution in [0.4, 0.5) is 4.39 Å². The minimum Gasteiger partial charge on any atom is -0.312 e. The maximum atomic E-state index is 13.3. The summed E-state index contributed by atoms with van der Waals surface area (Å²) in [5.41, 5.74) is 1.24. The van der Waals surface area contributed by atoms with Crippen molar-refractivity contribution in [3.8, 4) is 12.1 Å². The number of benzene rings is 1. The van der Waals surface area contributed by atoms with Crippen molar-refractivity contribution in [1.82, 2.24) is 9.88 Å². The number of carbonyl (C=O) groups excluding carboxylic acids is 1. The van der Waals surface area contributed by atoms with Crippen LogP contribution in [0.15, 0.2) is 24.3 Å².